The Morgan fingerprint density at radius 1 is 1.11 bits per heavy atom. The van der Waals surface area contributed by atoms with Crippen LogP contribution in [-0.2, 0) is 11.8 Å². The zero-order chi connectivity index (χ0) is 14.0. The summed E-state index contributed by atoms with van der Waals surface area (Å²) >= 11 is 0. The molecule has 2 N–H and O–H groups in total. The molecule has 2 aromatic rings. The molecule has 0 spiro atoms. The molecule has 102 valence electrons. The Labute approximate surface area is 115 Å². The van der Waals surface area contributed by atoms with E-state index in [4.69, 9.17) is 10.2 Å². The maximum Gasteiger partial charge on any atom is 0.108 e. The molecule has 2 heteroatoms. The largest absolute Gasteiger partial charge is 0.469 e. The number of nitrogens with two attached hydrogens (primary N) is 1. The predicted molar refractivity (Wildman–Crippen MR) is 79.3 cm³/mol. The van der Waals surface area contributed by atoms with E-state index in [1.165, 1.54) is 5.56 Å². The zero-order valence-electron chi connectivity index (χ0n) is 12.2. The first-order valence-electron chi connectivity index (χ1n) is 6.85. The highest BCUT2D eigenvalue weighted by Gasteiger charge is 2.17. The molecular formula is C17H23NO. The van der Waals surface area contributed by atoms with Gasteiger partial charge >= 0.3 is 0 Å². The molecule has 0 saturated carbocycles. The Bertz CT molecular complexity index is 531. The van der Waals surface area contributed by atoms with Crippen LogP contribution in [0.25, 0.3) is 0 Å². The molecule has 0 aliphatic heterocycles. The first kappa shape index (κ1) is 13.9. The molecule has 0 bridgehead atoms. The highest BCUT2D eigenvalue weighted by Crippen LogP contribution is 2.27. The predicted octanol–water partition coefficient (Wildman–Crippen LogP) is 4.19. The van der Waals surface area contributed by atoms with E-state index in [1.54, 1.807) is 6.26 Å². The van der Waals surface area contributed by atoms with Crippen LogP contribution in [0, 0.1) is 0 Å². The Hall–Kier alpha value is -1.54. The fourth-order valence-corrected chi connectivity index (χ4v) is 2.29. The van der Waals surface area contributed by atoms with Crippen LogP contribution in [0.15, 0.2) is 41.0 Å². The highest BCUT2D eigenvalue weighted by molar-refractivity contribution is 5.35. The van der Waals surface area contributed by atoms with Gasteiger partial charge in [-0.2, -0.15) is 0 Å². The first-order valence-corrected chi connectivity index (χ1v) is 6.85. The fourth-order valence-electron chi connectivity index (χ4n) is 2.29. The Kier molecular flexibility index (Phi) is 3.81. The van der Waals surface area contributed by atoms with Crippen molar-refractivity contribution in [1.29, 1.82) is 0 Å². The summed E-state index contributed by atoms with van der Waals surface area (Å²) in [6, 6.07) is 10.4. The third-order valence-corrected chi connectivity index (χ3v) is 3.57. The lowest BCUT2D eigenvalue weighted by atomic mass is 9.86. The van der Waals surface area contributed by atoms with Gasteiger partial charge in [0.05, 0.1) is 12.3 Å². The Balaban J connectivity index is 2.28. The molecule has 1 aromatic heterocycles. The number of aryl methyl sites for hydroxylation is 1. The van der Waals surface area contributed by atoms with Crippen molar-refractivity contribution in [3.05, 3.63) is 59.0 Å². The van der Waals surface area contributed by atoms with E-state index in [9.17, 15) is 0 Å². The molecule has 19 heavy (non-hydrogen) atoms. The van der Waals surface area contributed by atoms with Crippen molar-refractivity contribution < 1.29 is 4.42 Å². The van der Waals surface area contributed by atoms with Gasteiger partial charge in [0.1, 0.15) is 5.76 Å². The second kappa shape index (κ2) is 5.22. The highest BCUT2D eigenvalue weighted by atomic mass is 16.3. The SMILES string of the molecule is CCc1occc1C(N)c1ccc(C(C)(C)C)cc1. The van der Waals surface area contributed by atoms with E-state index in [1.807, 2.05) is 6.07 Å². The van der Waals surface area contributed by atoms with Crippen LogP contribution >= 0.6 is 0 Å². The van der Waals surface area contributed by atoms with Crippen LogP contribution in [0.5, 0.6) is 0 Å². The molecule has 0 radical (unpaired) electrons. The molecule has 0 aliphatic rings. The van der Waals surface area contributed by atoms with Crippen LogP contribution in [0.2, 0.25) is 0 Å². The van der Waals surface area contributed by atoms with Crippen molar-refractivity contribution >= 4 is 0 Å². The van der Waals surface area contributed by atoms with Gasteiger partial charge < -0.3 is 10.2 Å². The molecule has 0 aliphatic carbocycles. The molecule has 2 rings (SSSR count). The van der Waals surface area contributed by atoms with E-state index in [2.05, 4.69) is 52.0 Å². The maximum atomic E-state index is 6.34. The van der Waals surface area contributed by atoms with Gasteiger partial charge in [-0.1, -0.05) is 52.0 Å². The molecular weight excluding hydrogens is 234 g/mol. The minimum absolute atomic E-state index is 0.109. The van der Waals surface area contributed by atoms with Gasteiger partial charge in [0.25, 0.3) is 0 Å². The summed E-state index contributed by atoms with van der Waals surface area (Å²) in [4.78, 5) is 0. The summed E-state index contributed by atoms with van der Waals surface area (Å²) in [6.45, 7) is 8.73. The summed E-state index contributed by atoms with van der Waals surface area (Å²) < 4.78 is 5.45. The number of furan rings is 1. The number of hydrogen-bond donors (Lipinski definition) is 1. The van der Waals surface area contributed by atoms with E-state index in [-0.39, 0.29) is 11.5 Å². The fraction of sp³-hybridized carbons (Fsp3) is 0.412. The first-order chi connectivity index (χ1) is 8.93. The molecule has 1 heterocycles. The van der Waals surface area contributed by atoms with Crippen LogP contribution in [-0.4, -0.2) is 0 Å². The Morgan fingerprint density at radius 3 is 2.26 bits per heavy atom. The van der Waals surface area contributed by atoms with Gasteiger partial charge in [-0.15, -0.1) is 0 Å². The Morgan fingerprint density at radius 2 is 1.74 bits per heavy atom. The summed E-state index contributed by atoms with van der Waals surface area (Å²) in [5.41, 5.74) is 10.1. The monoisotopic (exact) mass is 257 g/mol. The van der Waals surface area contributed by atoms with Crippen LogP contribution < -0.4 is 5.73 Å². The van der Waals surface area contributed by atoms with Crippen molar-refractivity contribution in [3.8, 4) is 0 Å². The average Bonchev–Trinajstić information content (AvgIpc) is 2.85. The average molecular weight is 257 g/mol. The van der Waals surface area contributed by atoms with Gasteiger partial charge in [-0.25, -0.2) is 0 Å². The van der Waals surface area contributed by atoms with Gasteiger partial charge in [-0.3, -0.25) is 0 Å². The van der Waals surface area contributed by atoms with Gasteiger partial charge in [0.15, 0.2) is 0 Å². The minimum Gasteiger partial charge on any atom is -0.469 e. The molecule has 0 saturated heterocycles. The summed E-state index contributed by atoms with van der Waals surface area (Å²) in [7, 11) is 0. The number of rotatable bonds is 3. The smallest absolute Gasteiger partial charge is 0.108 e. The number of benzene rings is 1. The molecule has 2 nitrogen and oxygen atoms in total. The molecule has 1 unspecified atom stereocenters. The van der Waals surface area contributed by atoms with E-state index in [0.717, 1.165) is 23.3 Å². The van der Waals surface area contributed by atoms with Gasteiger partial charge in [-0.05, 0) is 22.6 Å². The summed E-state index contributed by atoms with van der Waals surface area (Å²) in [6.07, 6.45) is 2.59. The lowest BCUT2D eigenvalue weighted by molar-refractivity contribution is 0.509. The topological polar surface area (TPSA) is 39.2 Å². The van der Waals surface area contributed by atoms with Crippen LogP contribution in [0.1, 0.15) is 56.2 Å². The van der Waals surface area contributed by atoms with E-state index < -0.39 is 0 Å². The van der Waals surface area contributed by atoms with Crippen molar-refractivity contribution in [1.82, 2.24) is 0 Å². The van der Waals surface area contributed by atoms with Gasteiger partial charge in [0, 0.05) is 12.0 Å². The zero-order valence-corrected chi connectivity index (χ0v) is 12.2. The van der Waals surface area contributed by atoms with Crippen molar-refractivity contribution in [2.24, 2.45) is 5.73 Å². The van der Waals surface area contributed by atoms with Crippen molar-refractivity contribution in [2.75, 3.05) is 0 Å². The van der Waals surface area contributed by atoms with Crippen LogP contribution in [0.4, 0.5) is 0 Å². The van der Waals surface area contributed by atoms with E-state index >= 15 is 0 Å². The van der Waals surface area contributed by atoms with E-state index in [0.29, 0.717) is 0 Å². The van der Waals surface area contributed by atoms with Crippen molar-refractivity contribution in [2.45, 2.75) is 45.6 Å². The normalized spacial score (nSPS) is 13.5. The lowest BCUT2D eigenvalue weighted by Crippen LogP contribution is -2.14. The number of hydrogen-bond acceptors (Lipinski definition) is 2. The third kappa shape index (κ3) is 2.90. The summed E-state index contributed by atoms with van der Waals surface area (Å²) in [5, 5.41) is 0. The third-order valence-electron chi connectivity index (χ3n) is 3.57. The van der Waals surface area contributed by atoms with Gasteiger partial charge in [0.2, 0.25) is 0 Å². The van der Waals surface area contributed by atoms with Crippen LogP contribution in [0.3, 0.4) is 0 Å². The molecule has 0 fully saturated rings. The molecule has 1 aromatic carbocycles. The molecule has 1 atom stereocenters. The standard InChI is InChI=1S/C17H23NO/c1-5-15-14(10-11-19-15)16(18)12-6-8-13(9-7-12)17(2,3)4/h6-11,16H,5,18H2,1-4H3. The second-order valence-corrected chi connectivity index (χ2v) is 6.00. The van der Waals surface area contributed by atoms with Crippen molar-refractivity contribution in [3.63, 3.8) is 0 Å². The minimum atomic E-state index is -0.109. The summed E-state index contributed by atoms with van der Waals surface area (Å²) in [5.74, 6) is 0.979. The maximum absolute atomic E-state index is 6.34. The quantitative estimate of drug-likeness (QED) is 0.895. The second-order valence-electron chi connectivity index (χ2n) is 6.00. The lowest BCUT2D eigenvalue weighted by Gasteiger charge is -2.20. The molecule has 0 amide bonds.